The third-order valence-corrected chi connectivity index (χ3v) is 2.47. The van der Waals surface area contributed by atoms with Crippen molar-refractivity contribution in [1.82, 2.24) is 0 Å². The summed E-state index contributed by atoms with van der Waals surface area (Å²) in [5.41, 5.74) is 1.12. The molecule has 2 bridgehead atoms. The monoisotopic (exact) mass is 180 g/mol. The molecule has 0 N–H and O–H groups in total. The Morgan fingerprint density at radius 1 is 1.08 bits per heavy atom. The van der Waals surface area contributed by atoms with E-state index in [-0.39, 0.29) is 12.2 Å². The van der Waals surface area contributed by atoms with Gasteiger partial charge in [-0.05, 0) is 11.6 Å². The topological polar surface area (TPSA) is 9.23 Å². The molecule has 0 fully saturated rings. The van der Waals surface area contributed by atoms with Crippen molar-refractivity contribution in [3.05, 3.63) is 47.0 Å². The van der Waals surface area contributed by atoms with Gasteiger partial charge in [0.05, 0.1) is 0 Å². The second-order valence-electron chi connectivity index (χ2n) is 3.25. The second kappa shape index (κ2) is 2.17. The van der Waals surface area contributed by atoms with Crippen LogP contribution in [0.2, 0.25) is 0 Å². The number of benzene rings is 1. The van der Waals surface area contributed by atoms with E-state index >= 15 is 0 Å². The lowest BCUT2D eigenvalue weighted by molar-refractivity contribution is 0.0867. The quantitative estimate of drug-likeness (QED) is 0.557. The Labute approximate surface area is 73.6 Å². The van der Waals surface area contributed by atoms with Crippen molar-refractivity contribution < 1.29 is 13.5 Å². The Balaban J connectivity index is 2.29. The van der Waals surface area contributed by atoms with Gasteiger partial charge in [0.25, 0.3) is 0 Å². The smallest absolute Gasteiger partial charge is 0.132 e. The first-order valence-electron chi connectivity index (χ1n) is 4.08. The normalized spacial score (nSPS) is 28.2. The summed E-state index contributed by atoms with van der Waals surface area (Å²) in [4.78, 5) is 0. The minimum Gasteiger partial charge on any atom is -0.357 e. The van der Waals surface area contributed by atoms with Crippen LogP contribution in [0.5, 0.6) is 0 Å². The molecular formula is C10H6F2O. The van der Waals surface area contributed by atoms with Crippen LogP contribution in [0.15, 0.2) is 24.3 Å². The van der Waals surface area contributed by atoms with E-state index in [1.54, 1.807) is 6.08 Å². The van der Waals surface area contributed by atoms with Gasteiger partial charge in [-0.15, -0.1) is 0 Å². The van der Waals surface area contributed by atoms with Gasteiger partial charge in [-0.1, -0.05) is 12.2 Å². The van der Waals surface area contributed by atoms with Gasteiger partial charge in [0, 0.05) is 11.6 Å². The molecule has 0 radical (unpaired) electrons. The van der Waals surface area contributed by atoms with E-state index in [1.807, 2.05) is 6.08 Å². The number of ether oxygens (including phenoxy) is 1. The molecule has 2 aliphatic heterocycles. The first-order valence-corrected chi connectivity index (χ1v) is 4.08. The second-order valence-corrected chi connectivity index (χ2v) is 3.25. The van der Waals surface area contributed by atoms with Crippen LogP contribution in [0.3, 0.4) is 0 Å². The summed E-state index contributed by atoms with van der Waals surface area (Å²) in [6.45, 7) is 0. The van der Waals surface area contributed by atoms with Crippen molar-refractivity contribution in [2.45, 2.75) is 12.2 Å². The Morgan fingerprint density at radius 2 is 1.85 bits per heavy atom. The lowest BCUT2D eigenvalue weighted by Crippen LogP contribution is -1.98. The standard InChI is InChI=1S/C10H6F2O/c11-5-3-6-8-1-2-9(13-8)10(6)7(12)4-5/h1-4,8-9H. The zero-order chi connectivity index (χ0) is 9.00. The number of hydrogen-bond donors (Lipinski definition) is 0. The highest BCUT2D eigenvalue weighted by atomic mass is 19.1. The molecule has 0 saturated heterocycles. The molecule has 0 aliphatic carbocycles. The van der Waals surface area contributed by atoms with Gasteiger partial charge in [0.1, 0.15) is 23.8 Å². The molecule has 66 valence electrons. The maximum absolute atomic E-state index is 13.3. The van der Waals surface area contributed by atoms with Gasteiger partial charge in [-0.3, -0.25) is 0 Å². The summed E-state index contributed by atoms with van der Waals surface area (Å²) in [6, 6.07) is 2.24. The van der Waals surface area contributed by atoms with E-state index < -0.39 is 11.6 Å². The van der Waals surface area contributed by atoms with Gasteiger partial charge in [0.2, 0.25) is 0 Å². The number of halogens is 2. The molecule has 1 aromatic carbocycles. The van der Waals surface area contributed by atoms with Gasteiger partial charge in [-0.2, -0.15) is 0 Å². The predicted octanol–water partition coefficient (Wildman–Crippen LogP) is 2.65. The fourth-order valence-corrected chi connectivity index (χ4v) is 1.93. The van der Waals surface area contributed by atoms with Crippen LogP contribution < -0.4 is 0 Å². The summed E-state index contributed by atoms with van der Waals surface area (Å²) in [6.07, 6.45) is 3.07. The van der Waals surface area contributed by atoms with Crippen molar-refractivity contribution in [2.24, 2.45) is 0 Å². The van der Waals surface area contributed by atoms with Crippen LogP contribution in [-0.4, -0.2) is 0 Å². The van der Waals surface area contributed by atoms with E-state index in [0.717, 1.165) is 6.07 Å². The molecule has 0 aromatic heterocycles. The van der Waals surface area contributed by atoms with E-state index in [1.165, 1.54) is 6.07 Å². The highest BCUT2D eigenvalue weighted by molar-refractivity contribution is 5.44. The molecule has 1 nitrogen and oxygen atoms in total. The molecule has 2 unspecified atom stereocenters. The highest BCUT2D eigenvalue weighted by Gasteiger charge is 2.36. The largest absolute Gasteiger partial charge is 0.357 e. The molecular weight excluding hydrogens is 174 g/mol. The average molecular weight is 180 g/mol. The minimum atomic E-state index is -0.541. The van der Waals surface area contributed by atoms with Gasteiger partial charge < -0.3 is 4.74 Å². The summed E-state index contributed by atoms with van der Waals surface area (Å²) in [7, 11) is 0. The summed E-state index contributed by atoms with van der Waals surface area (Å²) >= 11 is 0. The SMILES string of the molecule is Fc1cc(F)c2c(c1)C1C=CC2O1. The molecule has 0 spiro atoms. The zero-order valence-electron chi connectivity index (χ0n) is 6.63. The Bertz CT molecular complexity index is 412. The first kappa shape index (κ1) is 7.21. The van der Waals surface area contributed by atoms with E-state index in [4.69, 9.17) is 4.74 Å². The summed E-state index contributed by atoms with van der Waals surface area (Å²) < 4.78 is 31.4. The van der Waals surface area contributed by atoms with Crippen LogP contribution in [0, 0.1) is 11.6 Å². The maximum Gasteiger partial charge on any atom is 0.132 e. The van der Waals surface area contributed by atoms with Crippen LogP contribution in [0.25, 0.3) is 0 Å². The summed E-state index contributed by atoms with van der Waals surface area (Å²) in [5.74, 6) is -1.05. The van der Waals surface area contributed by atoms with Crippen LogP contribution in [0.4, 0.5) is 8.78 Å². The lowest BCUT2D eigenvalue weighted by Gasteiger charge is -2.07. The highest BCUT2D eigenvalue weighted by Crippen LogP contribution is 2.46. The molecule has 1 aromatic rings. The maximum atomic E-state index is 13.3. The molecule has 2 atom stereocenters. The molecule has 3 rings (SSSR count). The van der Waals surface area contributed by atoms with Crippen molar-refractivity contribution in [3.63, 3.8) is 0 Å². The van der Waals surface area contributed by atoms with Crippen LogP contribution in [0.1, 0.15) is 23.3 Å². The lowest BCUT2D eigenvalue weighted by atomic mass is 9.96. The predicted molar refractivity (Wildman–Crippen MR) is 42.1 cm³/mol. The molecule has 0 amide bonds. The first-order chi connectivity index (χ1) is 6.25. The molecule has 2 heterocycles. The minimum absolute atomic E-state index is 0.245. The molecule has 0 saturated carbocycles. The fraction of sp³-hybridized carbons (Fsp3) is 0.200. The van der Waals surface area contributed by atoms with Crippen LogP contribution >= 0.6 is 0 Å². The van der Waals surface area contributed by atoms with Gasteiger partial charge >= 0.3 is 0 Å². The molecule has 13 heavy (non-hydrogen) atoms. The Hall–Kier alpha value is -1.22. The van der Waals surface area contributed by atoms with E-state index in [9.17, 15) is 8.78 Å². The average Bonchev–Trinajstić information content (AvgIpc) is 2.62. The van der Waals surface area contributed by atoms with Crippen molar-refractivity contribution in [2.75, 3.05) is 0 Å². The van der Waals surface area contributed by atoms with Crippen molar-refractivity contribution in [1.29, 1.82) is 0 Å². The Kier molecular flexibility index (Phi) is 1.21. The van der Waals surface area contributed by atoms with Gasteiger partial charge in [0.15, 0.2) is 0 Å². The zero-order valence-corrected chi connectivity index (χ0v) is 6.63. The third kappa shape index (κ3) is 0.823. The Morgan fingerprint density at radius 3 is 2.69 bits per heavy atom. The molecule has 3 heteroatoms. The fourth-order valence-electron chi connectivity index (χ4n) is 1.93. The number of hydrogen-bond acceptors (Lipinski definition) is 1. The van der Waals surface area contributed by atoms with E-state index in [2.05, 4.69) is 0 Å². The summed E-state index contributed by atoms with van der Waals surface area (Å²) in [5, 5.41) is 0. The number of fused-ring (bicyclic) bond motifs is 5. The van der Waals surface area contributed by atoms with Gasteiger partial charge in [-0.25, -0.2) is 8.78 Å². The van der Waals surface area contributed by atoms with Crippen molar-refractivity contribution >= 4 is 0 Å². The number of rotatable bonds is 0. The van der Waals surface area contributed by atoms with Crippen molar-refractivity contribution in [3.8, 4) is 0 Å². The molecule has 2 aliphatic rings. The van der Waals surface area contributed by atoms with E-state index in [0.29, 0.717) is 11.1 Å². The van der Waals surface area contributed by atoms with Crippen LogP contribution in [-0.2, 0) is 4.74 Å². The third-order valence-electron chi connectivity index (χ3n) is 2.47.